The maximum atomic E-state index is 12.5. The van der Waals surface area contributed by atoms with Gasteiger partial charge in [-0.1, -0.05) is 30.3 Å². The summed E-state index contributed by atoms with van der Waals surface area (Å²) in [5.74, 6) is 0. The van der Waals surface area contributed by atoms with Crippen LogP contribution in [0.3, 0.4) is 0 Å². The molecule has 132 valence electrons. The van der Waals surface area contributed by atoms with Crippen molar-refractivity contribution in [1.82, 2.24) is 14.8 Å². The molecule has 1 aromatic heterocycles. The van der Waals surface area contributed by atoms with E-state index in [9.17, 15) is 4.79 Å². The number of piperidine rings is 1. The fourth-order valence-corrected chi connectivity index (χ4v) is 4.59. The second-order valence-electron chi connectivity index (χ2n) is 6.80. The lowest BCUT2D eigenvalue weighted by Crippen LogP contribution is -2.47. The van der Waals surface area contributed by atoms with Gasteiger partial charge in [-0.05, 0) is 25.3 Å². The van der Waals surface area contributed by atoms with Gasteiger partial charge in [0.2, 0.25) is 0 Å². The number of hydrogen-bond acceptors (Lipinski definition) is 5. The third-order valence-electron chi connectivity index (χ3n) is 5.24. The predicted octanol–water partition coefficient (Wildman–Crippen LogP) is 3.69. The Kier molecular flexibility index (Phi) is 4.72. The van der Waals surface area contributed by atoms with Crippen molar-refractivity contribution in [2.24, 2.45) is 0 Å². The summed E-state index contributed by atoms with van der Waals surface area (Å²) in [6.45, 7) is 5.01. The van der Waals surface area contributed by atoms with E-state index in [4.69, 9.17) is 4.74 Å². The van der Waals surface area contributed by atoms with E-state index in [0.717, 1.165) is 43.0 Å². The molecule has 0 unspecified atom stereocenters. The summed E-state index contributed by atoms with van der Waals surface area (Å²) in [5, 5.41) is 3.19. The highest BCUT2D eigenvalue weighted by Gasteiger charge is 2.43. The lowest BCUT2D eigenvalue weighted by atomic mass is 9.98. The molecule has 0 radical (unpaired) electrons. The van der Waals surface area contributed by atoms with E-state index in [0.29, 0.717) is 0 Å². The quantitative estimate of drug-likeness (QED) is 0.837. The van der Waals surface area contributed by atoms with Crippen LogP contribution < -0.4 is 0 Å². The molecule has 2 aliphatic rings. The number of ether oxygens (including phenoxy) is 1. The molecule has 0 aliphatic carbocycles. The van der Waals surface area contributed by atoms with Crippen LogP contribution in [-0.4, -0.2) is 46.1 Å². The Hall–Kier alpha value is -1.92. The Balaban J connectivity index is 1.38. The lowest BCUT2D eigenvalue weighted by Gasteiger charge is -2.37. The van der Waals surface area contributed by atoms with Crippen LogP contribution >= 0.6 is 11.3 Å². The monoisotopic (exact) mass is 357 g/mol. The third-order valence-corrected chi connectivity index (χ3v) is 6.00. The number of aromatic nitrogens is 1. The van der Waals surface area contributed by atoms with E-state index in [2.05, 4.69) is 16.8 Å². The molecule has 6 heteroatoms. The summed E-state index contributed by atoms with van der Waals surface area (Å²) < 4.78 is 5.70. The standard InChI is InChI=1S/C19H23N3O2S/c1-14-18(15-5-3-2-4-6-15)24-19(23)22(14)16-7-10-21(11-8-16)13-17-20-9-12-25-17/h2-6,9,12,14,16,18H,7-8,10-11,13H2,1H3/t14-,18-/m1/s1. The predicted molar refractivity (Wildman–Crippen MR) is 97.4 cm³/mol. The van der Waals surface area contributed by atoms with Crippen LogP contribution in [-0.2, 0) is 11.3 Å². The van der Waals surface area contributed by atoms with Crippen molar-refractivity contribution < 1.29 is 9.53 Å². The van der Waals surface area contributed by atoms with Crippen molar-refractivity contribution in [3.05, 3.63) is 52.5 Å². The first-order valence-electron chi connectivity index (χ1n) is 8.87. The molecule has 0 N–H and O–H groups in total. The zero-order valence-electron chi connectivity index (χ0n) is 14.4. The highest BCUT2D eigenvalue weighted by molar-refractivity contribution is 7.09. The minimum atomic E-state index is -0.167. The zero-order valence-corrected chi connectivity index (χ0v) is 15.2. The van der Waals surface area contributed by atoms with Crippen molar-refractivity contribution in [1.29, 1.82) is 0 Å². The largest absolute Gasteiger partial charge is 0.439 e. The molecular weight excluding hydrogens is 334 g/mol. The van der Waals surface area contributed by atoms with Gasteiger partial charge in [0.1, 0.15) is 11.1 Å². The van der Waals surface area contributed by atoms with E-state index < -0.39 is 0 Å². The van der Waals surface area contributed by atoms with Crippen molar-refractivity contribution in [3.63, 3.8) is 0 Å². The molecular formula is C19H23N3O2S. The van der Waals surface area contributed by atoms with Gasteiger partial charge in [-0.15, -0.1) is 11.3 Å². The van der Waals surface area contributed by atoms with E-state index in [1.165, 1.54) is 0 Å². The zero-order chi connectivity index (χ0) is 17.2. The average molecular weight is 357 g/mol. The topological polar surface area (TPSA) is 45.7 Å². The van der Waals surface area contributed by atoms with Gasteiger partial charge in [0.05, 0.1) is 12.6 Å². The molecule has 1 amide bonds. The number of hydrogen-bond donors (Lipinski definition) is 0. The Bertz CT molecular complexity index is 699. The van der Waals surface area contributed by atoms with Gasteiger partial charge < -0.3 is 4.74 Å². The van der Waals surface area contributed by atoms with E-state index in [1.807, 2.05) is 46.8 Å². The molecule has 2 aromatic rings. The van der Waals surface area contributed by atoms with Crippen LogP contribution in [0.15, 0.2) is 41.9 Å². The first-order valence-corrected chi connectivity index (χ1v) is 9.75. The van der Waals surface area contributed by atoms with Crippen LogP contribution in [0.4, 0.5) is 4.79 Å². The molecule has 25 heavy (non-hydrogen) atoms. The van der Waals surface area contributed by atoms with Gasteiger partial charge in [0.15, 0.2) is 0 Å². The number of thiazole rings is 1. The summed E-state index contributed by atoms with van der Waals surface area (Å²) in [5.41, 5.74) is 1.08. The Labute approximate surface area is 152 Å². The maximum Gasteiger partial charge on any atom is 0.411 e. The summed E-state index contributed by atoms with van der Waals surface area (Å²) in [6, 6.07) is 10.4. The van der Waals surface area contributed by atoms with Crippen molar-refractivity contribution >= 4 is 17.4 Å². The van der Waals surface area contributed by atoms with Gasteiger partial charge >= 0.3 is 6.09 Å². The van der Waals surface area contributed by atoms with Crippen molar-refractivity contribution in [3.8, 4) is 0 Å². The maximum absolute atomic E-state index is 12.5. The fourth-order valence-electron chi connectivity index (χ4n) is 3.93. The van der Waals surface area contributed by atoms with Gasteiger partial charge in [-0.3, -0.25) is 9.80 Å². The summed E-state index contributed by atoms with van der Waals surface area (Å²) in [6.07, 6.45) is 3.51. The minimum Gasteiger partial charge on any atom is -0.439 e. The number of carbonyl (C=O) groups is 1. The smallest absolute Gasteiger partial charge is 0.411 e. The number of amides is 1. The molecule has 2 aliphatic heterocycles. The molecule has 3 heterocycles. The van der Waals surface area contributed by atoms with E-state index >= 15 is 0 Å². The number of carbonyl (C=O) groups excluding carboxylic acids is 1. The van der Waals surface area contributed by atoms with Gasteiger partial charge in [0, 0.05) is 30.7 Å². The van der Waals surface area contributed by atoms with Gasteiger partial charge in [-0.25, -0.2) is 9.78 Å². The second kappa shape index (κ2) is 7.14. The molecule has 0 spiro atoms. The van der Waals surface area contributed by atoms with Gasteiger partial charge in [-0.2, -0.15) is 0 Å². The van der Waals surface area contributed by atoms with Crippen LogP contribution in [0.25, 0.3) is 0 Å². The molecule has 2 atom stereocenters. The first kappa shape index (κ1) is 16.5. The van der Waals surface area contributed by atoms with Crippen LogP contribution in [0.5, 0.6) is 0 Å². The van der Waals surface area contributed by atoms with Crippen molar-refractivity contribution in [2.75, 3.05) is 13.1 Å². The molecule has 4 rings (SSSR count). The Morgan fingerprint density at radius 3 is 2.68 bits per heavy atom. The normalized spacial score (nSPS) is 25.3. The SMILES string of the molecule is C[C@@H]1[C@H](c2ccccc2)OC(=O)N1C1CCN(Cc2nccs2)CC1. The fraction of sp³-hybridized carbons (Fsp3) is 0.474. The molecule has 0 bridgehead atoms. The summed E-state index contributed by atoms with van der Waals surface area (Å²) >= 11 is 1.70. The second-order valence-corrected chi connectivity index (χ2v) is 7.78. The number of cyclic esters (lactones) is 1. The third kappa shape index (κ3) is 3.41. The number of benzene rings is 1. The van der Waals surface area contributed by atoms with E-state index in [-0.39, 0.29) is 24.3 Å². The van der Waals surface area contributed by atoms with E-state index in [1.54, 1.807) is 11.3 Å². The average Bonchev–Trinajstić information content (AvgIpc) is 3.25. The van der Waals surface area contributed by atoms with Crippen molar-refractivity contribution in [2.45, 2.75) is 44.5 Å². The Morgan fingerprint density at radius 1 is 1.24 bits per heavy atom. The molecule has 1 aromatic carbocycles. The lowest BCUT2D eigenvalue weighted by molar-refractivity contribution is 0.106. The number of rotatable bonds is 4. The first-order chi connectivity index (χ1) is 12.2. The number of likely N-dealkylation sites (tertiary alicyclic amines) is 1. The highest BCUT2D eigenvalue weighted by Crippen LogP contribution is 2.35. The van der Waals surface area contributed by atoms with Crippen LogP contribution in [0, 0.1) is 0 Å². The van der Waals surface area contributed by atoms with Gasteiger partial charge in [0.25, 0.3) is 0 Å². The molecule has 5 nitrogen and oxygen atoms in total. The van der Waals surface area contributed by atoms with Crippen LogP contribution in [0.2, 0.25) is 0 Å². The summed E-state index contributed by atoms with van der Waals surface area (Å²) in [7, 11) is 0. The molecule has 2 saturated heterocycles. The number of nitrogens with zero attached hydrogens (tertiary/aromatic N) is 3. The van der Waals surface area contributed by atoms with Crippen LogP contribution in [0.1, 0.15) is 36.4 Å². The molecule has 0 saturated carbocycles. The highest BCUT2D eigenvalue weighted by atomic mass is 32.1. The minimum absolute atomic E-state index is 0.0745. The Morgan fingerprint density at radius 2 is 2.00 bits per heavy atom. The summed E-state index contributed by atoms with van der Waals surface area (Å²) in [4.78, 5) is 21.3. The molecule has 2 fully saturated rings.